The molecule has 2 fully saturated rings. The Morgan fingerprint density at radius 3 is 2.85 bits per heavy atom. The zero-order valence-corrected chi connectivity index (χ0v) is 16.6. The number of ether oxygens (including phenoxy) is 1. The average Bonchev–Trinajstić information content (AvgIpc) is 3.22. The Labute approximate surface area is 162 Å². The summed E-state index contributed by atoms with van der Waals surface area (Å²) < 4.78 is 5.92. The summed E-state index contributed by atoms with van der Waals surface area (Å²) in [4.78, 5) is 16.7. The maximum atomic E-state index is 12.0. The molecule has 2 heterocycles. The smallest absolute Gasteiger partial charge is 0.224 e. The average molecular weight is 373 g/mol. The van der Waals surface area contributed by atoms with Crippen molar-refractivity contribution in [2.75, 3.05) is 11.9 Å². The number of rotatable bonds is 7. The molecule has 2 saturated heterocycles. The maximum absolute atomic E-state index is 12.0. The van der Waals surface area contributed by atoms with Crippen molar-refractivity contribution < 1.29 is 9.53 Å². The summed E-state index contributed by atoms with van der Waals surface area (Å²) in [5.41, 5.74) is 1.89. The predicted molar refractivity (Wildman–Crippen MR) is 109 cm³/mol. The lowest BCUT2D eigenvalue weighted by Crippen LogP contribution is -2.47. The minimum atomic E-state index is 0.0527. The van der Waals surface area contributed by atoms with Gasteiger partial charge in [-0.05, 0) is 49.8 Å². The molecule has 148 valence electrons. The molecule has 0 aromatic heterocycles. The molecule has 2 bridgehead atoms. The largest absolute Gasteiger partial charge is 0.373 e. The lowest BCUT2D eigenvalue weighted by atomic mass is 9.96. The van der Waals surface area contributed by atoms with Gasteiger partial charge in [-0.1, -0.05) is 26.0 Å². The van der Waals surface area contributed by atoms with E-state index in [2.05, 4.69) is 22.9 Å². The second-order valence-corrected chi connectivity index (χ2v) is 7.90. The fourth-order valence-corrected chi connectivity index (χ4v) is 3.79. The Hall–Kier alpha value is -2.08. The number of nitrogens with one attached hydrogen (secondary N) is 3. The number of hydrogen-bond donors (Lipinski definition) is 3. The molecule has 0 radical (unpaired) electrons. The quantitative estimate of drug-likeness (QED) is 0.508. The Balaban J connectivity index is 1.58. The van der Waals surface area contributed by atoms with E-state index < -0.39 is 0 Å². The third-order valence-electron chi connectivity index (χ3n) is 5.00. The van der Waals surface area contributed by atoms with Crippen molar-refractivity contribution in [1.29, 1.82) is 0 Å². The second-order valence-electron chi connectivity index (χ2n) is 7.90. The van der Waals surface area contributed by atoms with Crippen LogP contribution in [0.1, 0.15) is 52.0 Å². The summed E-state index contributed by atoms with van der Waals surface area (Å²) in [7, 11) is 0. The molecular formula is C21H32N4O2. The first kappa shape index (κ1) is 19.7. The topological polar surface area (TPSA) is 74.8 Å². The molecule has 6 heteroatoms. The Bertz CT molecular complexity index is 674. The molecule has 3 unspecified atom stereocenters. The zero-order chi connectivity index (χ0) is 19.2. The molecule has 0 spiro atoms. The number of aliphatic imine (C=N–C) groups is 1. The Morgan fingerprint density at radius 2 is 2.19 bits per heavy atom. The van der Waals surface area contributed by atoms with Gasteiger partial charge in [-0.15, -0.1) is 0 Å². The highest BCUT2D eigenvalue weighted by molar-refractivity contribution is 5.90. The molecule has 2 aliphatic rings. The number of guanidine groups is 1. The van der Waals surface area contributed by atoms with Crippen LogP contribution in [-0.4, -0.2) is 36.7 Å². The maximum Gasteiger partial charge on any atom is 0.224 e. The summed E-state index contributed by atoms with van der Waals surface area (Å²) in [5.74, 6) is 1.23. The van der Waals surface area contributed by atoms with Crippen molar-refractivity contribution in [3.63, 3.8) is 0 Å². The predicted octanol–water partition coefficient (Wildman–Crippen LogP) is 3.05. The van der Waals surface area contributed by atoms with Crippen LogP contribution in [0.2, 0.25) is 0 Å². The number of carbonyl (C=O) groups excluding carboxylic acids is 1. The zero-order valence-electron chi connectivity index (χ0n) is 16.6. The SMILES string of the molecule is CCNC(=NCc1cccc(NC(=O)CC(C)C)c1)NC1CC2CCC1O2. The lowest BCUT2D eigenvalue weighted by molar-refractivity contribution is -0.116. The number of carbonyl (C=O) groups is 1. The summed E-state index contributed by atoms with van der Waals surface area (Å²) in [5, 5.41) is 9.82. The van der Waals surface area contributed by atoms with Gasteiger partial charge in [0.15, 0.2) is 5.96 Å². The number of anilines is 1. The van der Waals surface area contributed by atoms with E-state index in [0.717, 1.165) is 36.6 Å². The van der Waals surface area contributed by atoms with Crippen LogP contribution in [0.25, 0.3) is 0 Å². The molecule has 1 amide bonds. The molecular weight excluding hydrogens is 340 g/mol. The van der Waals surface area contributed by atoms with Crippen LogP contribution < -0.4 is 16.0 Å². The van der Waals surface area contributed by atoms with E-state index in [4.69, 9.17) is 9.73 Å². The molecule has 3 atom stereocenters. The van der Waals surface area contributed by atoms with E-state index in [1.807, 2.05) is 38.1 Å². The van der Waals surface area contributed by atoms with Crippen LogP contribution in [0.15, 0.2) is 29.3 Å². The Morgan fingerprint density at radius 1 is 1.33 bits per heavy atom. The molecule has 3 rings (SSSR count). The van der Waals surface area contributed by atoms with Gasteiger partial charge in [0.05, 0.1) is 24.8 Å². The molecule has 1 aromatic rings. The van der Waals surface area contributed by atoms with E-state index >= 15 is 0 Å². The van der Waals surface area contributed by atoms with E-state index in [0.29, 0.717) is 37.1 Å². The van der Waals surface area contributed by atoms with Crippen molar-refractivity contribution in [2.24, 2.45) is 10.9 Å². The first-order valence-corrected chi connectivity index (χ1v) is 10.1. The monoisotopic (exact) mass is 372 g/mol. The molecule has 2 aliphatic heterocycles. The molecule has 6 nitrogen and oxygen atoms in total. The fourth-order valence-electron chi connectivity index (χ4n) is 3.79. The highest BCUT2D eigenvalue weighted by Gasteiger charge is 2.41. The van der Waals surface area contributed by atoms with Crippen LogP contribution >= 0.6 is 0 Å². The van der Waals surface area contributed by atoms with Gasteiger partial charge in [-0.2, -0.15) is 0 Å². The summed E-state index contributed by atoms with van der Waals surface area (Å²) >= 11 is 0. The van der Waals surface area contributed by atoms with Gasteiger partial charge in [0, 0.05) is 18.7 Å². The van der Waals surface area contributed by atoms with Gasteiger partial charge in [0.1, 0.15) is 0 Å². The van der Waals surface area contributed by atoms with E-state index in [1.54, 1.807) is 0 Å². The molecule has 27 heavy (non-hydrogen) atoms. The first-order valence-electron chi connectivity index (χ1n) is 10.1. The summed E-state index contributed by atoms with van der Waals surface area (Å²) in [6, 6.07) is 8.25. The highest BCUT2D eigenvalue weighted by Crippen LogP contribution is 2.34. The summed E-state index contributed by atoms with van der Waals surface area (Å²) in [6.07, 6.45) is 4.65. The minimum Gasteiger partial charge on any atom is -0.373 e. The van der Waals surface area contributed by atoms with Gasteiger partial charge in [-0.25, -0.2) is 4.99 Å². The van der Waals surface area contributed by atoms with Crippen molar-refractivity contribution in [3.8, 4) is 0 Å². The van der Waals surface area contributed by atoms with Crippen molar-refractivity contribution in [2.45, 2.75) is 71.2 Å². The number of amides is 1. The van der Waals surface area contributed by atoms with Gasteiger partial charge in [0.2, 0.25) is 5.91 Å². The van der Waals surface area contributed by atoms with Crippen LogP contribution in [0, 0.1) is 5.92 Å². The van der Waals surface area contributed by atoms with Gasteiger partial charge in [0.25, 0.3) is 0 Å². The Kier molecular flexibility index (Phi) is 6.72. The van der Waals surface area contributed by atoms with Gasteiger partial charge in [-0.3, -0.25) is 4.79 Å². The molecule has 0 aliphatic carbocycles. The highest BCUT2D eigenvalue weighted by atomic mass is 16.5. The normalized spacial score (nSPS) is 24.3. The number of fused-ring (bicyclic) bond motifs is 2. The minimum absolute atomic E-state index is 0.0527. The van der Waals surface area contributed by atoms with E-state index in [-0.39, 0.29) is 5.91 Å². The molecule has 3 N–H and O–H groups in total. The number of nitrogens with zero attached hydrogens (tertiary/aromatic N) is 1. The fraction of sp³-hybridized carbons (Fsp3) is 0.619. The number of benzene rings is 1. The van der Waals surface area contributed by atoms with Crippen LogP contribution in [-0.2, 0) is 16.1 Å². The second kappa shape index (κ2) is 9.22. The first-order chi connectivity index (χ1) is 13.0. The standard InChI is InChI=1S/C21H32N4O2/c1-4-22-21(25-18-12-17-8-9-19(18)27-17)23-13-15-6-5-7-16(11-15)24-20(26)10-14(2)3/h5-7,11,14,17-19H,4,8-10,12-13H2,1-3H3,(H,24,26)(H2,22,23,25). The molecule has 1 aromatic carbocycles. The van der Waals surface area contributed by atoms with Crippen molar-refractivity contribution in [1.82, 2.24) is 10.6 Å². The molecule has 0 saturated carbocycles. The lowest BCUT2D eigenvalue weighted by Gasteiger charge is -2.22. The van der Waals surface area contributed by atoms with Crippen molar-refractivity contribution in [3.05, 3.63) is 29.8 Å². The third-order valence-corrected chi connectivity index (χ3v) is 5.00. The van der Waals surface area contributed by atoms with Crippen LogP contribution in [0.5, 0.6) is 0 Å². The third kappa shape index (κ3) is 5.70. The van der Waals surface area contributed by atoms with Crippen LogP contribution in [0.4, 0.5) is 5.69 Å². The van der Waals surface area contributed by atoms with Crippen LogP contribution in [0.3, 0.4) is 0 Å². The van der Waals surface area contributed by atoms with Gasteiger partial charge < -0.3 is 20.7 Å². The van der Waals surface area contributed by atoms with Crippen molar-refractivity contribution >= 4 is 17.6 Å². The van der Waals surface area contributed by atoms with E-state index in [9.17, 15) is 4.79 Å². The van der Waals surface area contributed by atoms with E-state index in [1.165, 1.54) is 6.42 Å². The van der Waals surface area contributed by atoms with Gasteiger partial charge >= 0.3 is 0 Å². The number of hydrogen-bond acceptors (Lipinski definition) is 3. The summed E-state index contributed by atoms with van der Waals surface area (Å²) in [6.45, 7) is 7.53.